The average molecular weight is 715 g/mol. The van der Waals surface area contributed by atoms with Crippen molar-refractivity contribution in [1.29, 1.82) is 0 Å². The first kappa shape index (κ1) is 31.1. The summed E-state index contributed by atoms with van der Waals surface area (Å²) in [5.74, 6) is 1.91. The molecule has 222 valence electrons. The van der Waals surface area contributed by atoms with E-state index < -0.39 is 17.4 Å². The van der Waals surface area contributed by atoms with E-state index in [0.29, 0.717) is 7.25 Å². The molecule has 2 unspecified atom stereocenters. The van der Waals surface area contributed by atoms with Crippen LogP contribution in [0.1, 0.15) is 43.4 Å². The molecule has 2 aromatic heterocycles. The molecule has 44 heavy (non-hydrogen) atoms. The molecule has 0 spiro atoms. The molecule has 0 N–H and O–H groups in total. The number of para-hydroxylation sites is 2. The van der Waals surface area contributed by atoms with Crippen molar-refractivity contribution in [3.05, 3.63) is 130 Å². The van der Waals surface area contributed by atoms with E-state index in [-0.39, 0.29) is 24.8 Å². The molecule has 0 fully saturated rings. The molecule has 0 radical (unpaired) electrons. The van der Waals surface area contributed by atoms with Crippen LogP contribution in [0.25, 0.3) is 56.7 Å². The summed E-state index contributed by atoms with van der Waals surface area (Å²) in [5, 5.41) is 2.30. The molecule has 2 heterocycles. The van der Waals surface area contributed by atoms with E-state index in [1.54, 1.807) is 0 Å². The maximum Gasteiger partial charge on any atom is -0.147 e. The van der Waals surface area contributed by atoms with Gasteiger partial charge in [0.05, 0.1) is 0 Å². The third kappa shape index (κ3) is 4.60. The van der Waals surface area contributed by atoms with E-state index in [0.717, 1.165) is 33.5 Å². The summed E-state index contributed by atoms with van der Waals surface area (Å²) in [7, 11) is 0. The standard InChI is InChI=1S/2C18H13O.2CH3.2ClH.H2Si.Zr/c2*1-12-9-13-6-4-7-15(16(13)10-12)18-11-14-5-2-3-8-17(14)19-18;;;;;;/h2*2-11H,1H3;2*1H3;2*1H;1H2;. The molecule has 8 rings (SSSR count). The minimum absolute atomic E-state index is 0. The van der Waals surface area contributed by atoms with Crippen molar-refractivity contribution in [2.24, 2.45) is 0 Å². The molecule has 2 aliphatic rings. The van der Waals surface area contributed by atoms with E-state index >= 15 is 0 Å². The minimum atomic E-state index is -3.63. The second-order valence-electron chi connectivity index (χ2n) is 13.5. The van der Waals surface area contributed by atoms with Crippen molar-refractivity contribution in [3.63, 3.8) is 0 Å². The maximum absolute atomic E-state index is 6.37. The van der Waals surface area contributed by atoms with Gasteiger partial charge in [0.25, 0.3) is 0 Å². The van der Waals surface area contributed by atoms with Crippen LogP contribution in [-0.2, 0) is 17.4 Å². The van der Waals surface area contributed by atoms with Gasteiger partial charge in [-0.3, -0.25) is 0 Å². The van der Waals surface area contributed by atoms with Crippen LogP contribution in [0.3, 0.4) is 0 Å². The van der Waals surface area contributed by atoms with Gasteiger partial charge >= 0.3 is 251 Å². The predicted molar refractivity (Wildman–Crippen MR) is 191 cm³/mol. The first-order valence-electron chi connectivity index (χ1n) is 14.9. The Kier molecular flexibility index (Phi) is 7.69. The molecule has 4 aromatic carbocycles. The summed E-state index contributed by atoms with van der Waals surface area (Å²) in [5.41, 5.74) is 12.9. The Bertz CT molecular complexity index is 2010. The zero-order valence-corrected chi connectivity index (χ0v) is 30.9. The first-order chi connectivity index (χ1) is 20.2. The van der Waals surface area contributed by atoms with E-state index in [9.17, 15) is 0 Å². The predicted octanol–water partition coefficient (Wildman–Crippen LogP) is 11.3. The van der Waals surface area contributed by atoms with Crippen LogP contribution in [0, 0.1) is 0 Å². The molecular weight excluding hydrogens is 679 g/mol. The van der Waals surface area contributed by atoms with Gasteiger partial charge in [0, 0.05) is 0 Å². The van der Waals surface area contributed by atoms with Crippen LogP contribution in [0.2, 0.25) is 9.26 Å². The Morgan fingerprint density at radius 1 is 0.568 bits per heavy atom. The molecule has 0 saturated heterocycles. The summed E-state index contributed by atoms with van der Waals surface area (Å²) >= 11 is -3.63. The van der Waals surface area contributed by atoms with E-state index in [4.69, 9.17) is 8.83 Å². The number of hydrogen-bond acceptors (Lipinski definition) is 2. The van der Waals surface area contributed by atoms with Crippen molar-refractivity contribution in [2.45, 2.75) is 30.4 Å². The summed E-state index contributed by atoms with van der Waals surface area (Å²) in [6.07, 6.45) is 4.91. The van der Waals surface area contributed by atoms with Gasteiger partial charge in [0.1, 0.15) is 0 Å². The number of furan rings is 2. The van der Waals surface area contributed by atoms with Gasteiger partial charge in [-0.05, 0) is 0 Å². The number of rotatable bonds is 4. The Hall–Kier alpha value is -2.88. The Morgan fingerprint density at radius 3 is 1.39 bits per heavy atom. The second kappa shape index (κ2) is 10.9. The van der Waals surface area contributed by atoms with Gasteiger partial charge in [-0.2, -0.15) is 0 Å². The first-order valence-corrected chi connectivity index (χ1v) is 28.5. The molecule has 6 heteroatoms. The van der Waals surface area contributed by atoms with Crippen LogP contribution < -0.4 is 0 Å². The minimum Gasteiger partial charge on any atom is -0.147 e. The summed E-state index contributed by atoms with van der Waals surface area (Å²) < 4.78 is 19.0. The summed E-state index contributed by atoms with van der Waals surface area (Å²) in [4.78, 5) is 0. The quantitative estimate of drug-likeness (QED) is 0.170. The third-order valence-electron chi connectivity index (χ3n) is 9.83. The van der Waals surface area contributed by atoms with Crippen molar-refractivity contribution in [1.82, 2.24) is 0 Å². The van der Waals surface area contributed by atoms with Crippen LogP contribution in [0.4, 0.5) is 0 Å². The Labute approximate surface area is 273 Å². The number of allylic oxidation sites excluding steroid dienone is 2. The fourth-order valence-electron chi connectivity index (χ4n) is 8.45. The fraction of sp³-hybridized carbons (Fsp3) is 0.158. The molecule has 0 aliphatic heterocycles. The van der Waals surface area contributed by atoms with Crippen LogP contribution in [0.15, 0.2) is 117 Å². The summed E-state index contributed by atoms with van der Waals surface area (Å²) in [6.45, 7) is 7.11. The van der Waals surface area contributed by atoms with Crippen molar-refractivity contribution in [3.8, 4) is 22.6 Å². The topological polar surface area (TPSA) is 26.3 Å². The van der Waals surface area contributed by atoms with Crippen LogP contribution in [0.5, 0.6) is 0 Å². The SMILES string of the molecule is CC1=Cc2c(-c3cc4ccccc4o3)cccc2[CH]1[Zr]([CH3])([CH3])(=[SiH2])[CH]1C(C)=Cc2c(-c3cc4ccccc4o3)cccc21.Cl.Cl. The van der Waals surface area contributed by atoms with E-state index in [1.807, 2.05) is 12.1 Å². The normalized spacial score (nSPS) is 17.5. The molecule has 2 aliphatic carbocycles. The summed E-state index contributed by atoms with van der Waals surface area (Å²) in [6, 6.07) is 34.7. The Balaban J connectivity index is 0.00000171. The largest absolute Gasteiger partial charge is 0.147 e. The van der Waals surface area contributed by atoms with Gasteiger partial charge in [-0.25, -0.2) is 0 Å². The van der Waals surface area contributed by atoms with Gasteiger partial charge in [-0.15, -0.1) is 24.8 Å². The third-order valence-corrected chi connectivity index (χ3v) is 27.8. The number of halogens is 2. The second-order valence-corrected chi connectivity index (χ2v) is 44.0. The molecular formula is C38H36Cl2O2SiZr. The molecule has 6 aromatic rings. The van der Waals surface area contributed by atoms with Crippen LogP contribution in [-0.4, -0.2) is 6.88 Å². The fourth-order valence-corrected chi connectivity index (χ4v) is 29.7. The molecule has 0 bridgehead atoms. The monoisotopic (exact) mass is 712 g/mol. The molecule has 2 nitrogen and oxygen atoms in total. The number of hydrogen-bond donors (Lipinski definition) is 0. The molecule has 0 amide bonds. The smallest absolute Gasteiger partial charge is 0.147 e. The van der Waals surface area contributed by atoms with Gasteiger partial charge < -0.3 is 0 Å². The zero-order valence-electron chi connectivity index (χ0n) is 25.4. The zero-order chi connectivity index (χ0) is 28.8. The van der Waals surface area contributed by atoms with Crippen LogP contribution >= 0.6 is 24.8 Å². The van der Waals surface area contributed by atoms with Crippen molar-refractivity contribution in [2.75, 3.05) is 0 Å². The Morgan fingerprint density at radius 2 is 0.977 bits per heavy atom. The molecule has 0 saturated carbocycles. The average Bonchev–Trinajstić information content (AvgIpc) is 3.73. The maximum atomic E-state index is 6.37. The van der Waals surface area contributed by atoms with Crippen molar-refractivity contribution >= 4 is 65.8 Å². The van der Waals surface area contributed by atoms with Crippen molar-refractivity contribution < 1.29 is 26.2 Å². The van der Waals surface area contributed by atoms with Gasteiger partial charge in [0.2, 0.25) is 0 Å². The number of benzene rings is 4. The number of fused-ring (bicyclic) bond motifs is 4. The van der Waals surface area contributed by atoms with E-state index in [1.165, 1.54) is 44.5 Å². The van der Waals surface area contributed by atoms with Gasteiger partial charge in [-0.1, -0.05) is 0 Å². The van der Waals surface area contributed by atoms with Gasteiger partial charge in [0.15, 0.2) is 0 Å². The molecule has 2 atom stereocenters. The van der Waals surface area contributed by atoms with E-state index in [2.05, 4.69) is 127 Å².